The van der Waals surface area contributed by atoms with Gasteiger partial charge in [0.25, 0.3) is 5.91 Å². The molecule has 1 rings (SSSR count). The van der Waals surface area contributed by atoms with Crippen LogP contribution in [0, 0.1) is 5.82 Å². The average molecular weight is 229 g/mol. The lowest BCUT2D eigenvalue weighted by atomic mass is 10.1. The van der Waals surface area contributed by atoms with Crippen LogP contribution >= 0.6 is 0 Å². The number of halogens is 1. The standard InChI is InChI=1S/C10H12FNO4/c11-7-2-1-3-8(15)9(7)10(16)12-4-6(14)5-13/h1-3,6,13-15H,4-5H2,(H,12,16). The summed E-state index contributed by atoms with van der Waals surface area (Å²) >= 11 is 0. The molecule has 0 aliphatic heterocycles. The maximum Gasteiger partial charge on any atom is 0.258 e. The van der Waals surface area contributed by atoms with E-state index in [1.807, 2.05) is 0 Å². The van der Waals surface area contributed by atoms with E-state index in [1.54, 1.807) is 0 Å². The molecule has 88 valence electrons. The van der Waals surface area contributed by atoms with Crippen molar-refractivity contribution in [2.24, 2.45) is 0 Å². The summed E-state index contributed by atoms with van der Waals surface area (Å²) in [6.07, 6.45) is -1.11. The first kappa shape index (κ1) is 12.4. The maximum atomic E-state index is 13.2. The van der Waals surface area contributed by atoms with Crippen LogP contribution in [0.5, 0.6) is 5.75 Å². The number of aromatic hydroxyl groups is 1. The van der Waals surface area contributed by atoms with Crippen LogP contribution in [-0.2, 0) is 0 Å². The molecule has 1 atom stereocenters. The van der Waals surface area contributed by atoms with Gasteiger partial charge < -0.3 is 20.6 Å². The van der Waals surface area contributed by atoms with Gasteiger partial charge in [-0.15, -0.1) is 0 Å². The zero-order valence-electron chi connectivity index (χ0n) is 8.35. The van der Waals surface area contributed by atoms with Crippen molar-refractivity contribution in [1.82, 2.24) is 5.32 Å². The van der Waals surface area contributed by atoms with E-state index in [0.717, 1.165) is 6.07 Å². The smallest absolute Gasteiger partial charge is 0.258 e. The molecule has 0 saturated heterocycles. The number of amides is 1. The van der Waals surface area contributed by atoms with Gasteiger partial charge >= 0.3 is 0 Å². The van der Waals surface area contributed by atoms with Crippen molar-refractivity contribution < 1.29 is 24.5 Å². The monoisotopic (exact) mass is 229 g/mol. The van der Waals surface area contributed by atoms with Gasteiger partial charge in [0.1, 0.15) is 17.1 Å². The summed E-state index contributed by atoms with van der Waals surface area (Å²) in [5.74, 6) is -2.17. The molecule has 0 radical (unpaired) electrons. The number of phenols is 1. The number of carbonyl (C=O) groups is 1. The zero-order chi connectivity index (χ0) is 12.1. The highest BCUT2D eigenvalue weighted by molar-refractivity contribution is 5.97. The topological polar surface area (TPSA) is 89.8 Å². The van der Waals surface area contributed by atoms with Crippen LogP contribution < -0.4 is 5.32 Å². The summed E-state index contributed by atoms with van der Waals surface area (Å²) in [5.41, 5.74) is -0.479. The molecule has 1 unspecified atom stereocenters. The highest BCUT2D eigenvalue weighted by atomic mass is 19.1. The number of aliphatic hydroxyl groups is 2. The number of hydrogen-bond donors (Lipinski definition) is 4. The molecule has 5 nitrogen and oxygen atoms in total. The van der Waals surface area contributed by atoms with Crippen molar-refractivity contribution in [2.45, 2.75) is 6.10 Å². The third-order valence-electron chi connectivity index (χ3n) is 1.93. The Morgan fingerprint density at radius 2 is 2.19 bits per heavy atom. The van der Waals surface area contributed by atoms with Crippen LogP contribution in [0.1, 0.15) is 10.4 Å². The lowest BCUT2D eigenvalue weighted by molar-refractivity contribution is 0.0797. The third kappa shape index (κ3) is 2.91. The summed E-state index contributed by atoms with van der Waals surface area (Å²) in [6, 6.07) is 3.49. The second-order valence-corrected chi connectivity index (χ2v) is 3.18. The summed E-state index contributed by atoms with van der Waals surface area (Å²) in [6.45, 7) is -0.730. The molecule has 0 aliphatic carbocycles. The van der Waals surface area contributed by atoms with Gasteiger partial charge in [-0.05, 0) is 12.1 Å². The predicted octanol–water partition coefficient (Wildman–Crippen LogP) is -0.386. The minimum atomic E-state index is -1.11. The molecule has 0 fully saturated rings. The first-order chi connectivity index (χ1) is 7.56. The molecule has 4 N–H and O–H groups in total. The summed E-state index contributed by atoms with van der Waals surface area (Å²) in [7, 11) is 0. The van der Waals surface area contributed by atoms with E-state index in [1.165, 1.54) is 12.1 Å². The molecule has 0 spiro atoms. The molecule has 1 amide bonds. The Bertz CT molecular complexity index is 363. The zero-order valence-corrected chi connectivity index (χ0v) is 8.35. The number of aliphatic hydroxyl groups excluding tert-OH is 2. The van der Waals surface area contributed by atoms with Crippen LogP contribution in [0.15, 0.2) is 18.2 Å². The number of benzene rings is 1. The van der Waals surface area contributed by atoms with Crippen molar-refractivity contribution in [3.63, 3.8) is 0 Å². The Hall–Kier alpha value is -1.66. The Morgan fingerprint density at radius 1 is 1.50 bits per heavy atom. The van der Waals surface area contributed by atoms with Gasteiger partial charge in [-0.25, -0.2) is 4.39 Å². The molecule has 0 aromatic heterocycles. The van der Waals surface area contributed by atoms with Gasteiger partial charge in [0, 0.05) is 6.54 Å². The number of rotatable bonds is 4. The average Bonchev–Trinajstić information content (AvgIpc) is 2.25. The minimum absolute atomic E-state index is 0.219. The van der Waals surface area contributed by atoms with Gasteiger partial charge in [-0.3, -0.25) is 4.79 Å². The molecule has 1 aromatic rings. The lowest BCUT2D eigenvalue weighted by Gasteiger charge is -2.10. The Balaban J connectivity index is 2.73. The normalized spacial score (nSPS) is 12.2. The van der Waals surface area contributed by atoms with E-state index in [9.17, 15) is 14.3 Å². The molecule has 6 heteroatoms. The maximum absolute atomic E-state index is 13.2. The van der Waals surface area contributed by atoms with E-state index in [4.69, 9.17) is 10.2 Å². The Morgan fingerprint density at radius 3 is 2.75 bits per heavy atom. The molecule has 0 aliphatic rings. The predicted molar refractivity (Wildman–Crippen MR) is 53.5 cm³/mol. The SMILES string of the molecule is O=C(NCC(O)CO)c1c(O)cccc1F. The summed E-state index contributed by atoms with van der Waals surface area (Å²) in [5, 5.41) is 28.9. The van der Waals surface area contributed by atoms with E-state index in [2.05, 4.69) is 5.32 Å². The van der Waals surface area contributed by atoms with E-state index < -0.39 is 35.7 Å². The first-order valence-corrected chi connectivity index (χ1v) is 4.61. The fourth-order valence-electron chi connectivity index (χ4n) is 1.10. The van der Waals surface area contributed by atoms with Crippen LogP contribution in [-0.4, -0.2) is 40.5 Å². The molecule has 0 saturated carbocycles. The van der Waals surface area contributed by atoms with E-state index in [-0.39, 0.29) is 6.54 Å². The number of carbonyl (C=O) groups excluding carboxylic acids is 1. The molecule has 0 heterocycles. The van der Waals surface area contributed by atoms with Gasteiger partial charge in [0.05, 0.1) is 12.7 Å². The highest BCUT2D eigenvalue weighted by Crippen LogP contribution is 2.19. The number of hydrogen-bond acceptors (Lipinski definition) is 4. The molecule has 0 bridgehead atoms. The molecule has 1 aromatic carbocycles. The third-order valence-corrected chi connectivity index (χ3v) is 1.93. The quantitative estimate of drug-likeness (QED) is 0.566. The van der Waals surface area contributed by atoms with Crippen molar-refractivity contribution >= 4 is 5.91 Å². The van der Waals surface area contributed by atoms with Crippen LogP contribution in [0.25, 0.3) is 0 Å². The van der Waals surface area contributed by atoms with Crippen molar-refractivity contribution in [1.29, 1.82) is 0 Å². The number of phenolic OH excluding ortho intramolecular Hbond substituents is 1. The fraction of sp³-hybridized carbons (Fsp3) is 0.300. The Labute approximate surface area is 91.2 Å². The van der Waals surface area contributed by atoms with E-state index in [0.29, 0.717) is 0 Å². The second-order valence-electron chi connectivity index (χ2n) is 3.18. The van der Waals surface area contributed by atoms with Gasteiger partial charge in [0.15, 0.2) is 0 Å². The fourth-order valence-corrected chi connectivity index (χ4v) is 1.10. The van der Waals surface area contributed by atoms with Crippen LogP contribution in [0.3, 0.4) is 0 Å². The molecule has 16 heavy (non-hydrogen) atoms. The van der Waals surface area contributed by atoms with Gasteiger partial charge in [-0.2, -0.15) is 0 Å². The molecular formula is C10H12FNO4. The van der Waals surface area contributed by atoms with Crippen molar-refractivity contribution in [3.05, 3.63) is 29.6 Å². The van der Waals surface area contributed by atoms with Gasteiger partial charge in [0.2, 0.25) is 0 Å². The summed E-state index contributed by atoms with van der Waals surface area (Å²) in [4.78, 5) is 11.4. The second kappa shape index (κ2) is 5.43. The van der Waals surface area contributed by atoms with Crippen LogP contribution in [0.2, 0.25) is 0 Å². The summed E-state index contributed by atoms with van der Waals surface area (Å²) < 4.78 is 13.2. The van der Waals surface area contributed by atoms with Gasteiger partial charge in [-0.1, -0.05) is 6.07 Å². The van der Waals surface area contributed by atoms with Crippen LogP contribution in [0.4, 0.5) is 4.39 Å². The minimum Gasteiger partial charge on any atom is -0.507 e. The van der Waals surface area contributed by atoms with E-state index >= 15 is 0 Å². The largest absolute Gasteiger partial charge is 0.507 e. The van der Waals surface area contributed by atoms with Crippen molar-refractivity contribution in [2.75, 3.05) is 13.2 Å². The first-order valence-electron chi connectivity index (χ1n) is 4.61. The highest BCUT2D eigenvalue weighted by Gasteiger charge is 2.16. The van der Waals surface area contributed by atoms with Crippen molar-refractivity contribution in [3.8, 4) is 5.75 Å². The molecular weight excluding hydrogens is 217 g/mol. The lowest BCUT2D eigenvalue weighted by Crippen LogP contribution is -2.34. The Kier molecular flexibility index (Phi) is 4.21. The number of nitrogens with one attached hydrogen (secondary N) is 1.